The molecule has 1 unspecified atom stereocenters. The molecule has 1 saturated heterocycles. The standard InChI is InChI=1S/C14H20FNO4S/c1-14(20-2)6-3-7-16(10-14)21(18,19)12-4-5-13(15)11(8-12)9-17/h4-5,8,17H,3,6-7,9-10H2,1-2H3. The van der Waals surface area contributed by atoms with E-state index in [4.69, 9.17) is 9.84 Å². The minimum Gasteiger partial charge on any atom is -0.392 e. The van der Waals surface area contributed by atoms with E-state index in [0.29, 0.717) is 13.0 Å². The van der Waals surface area contributed by atoms with Crippen LogP contribution in [0.25, 0.3) is 0 Å². The zero-order valence-electron chi connectivity index (χ0n) is 12.2. The fourth-order valence-electron chi connectivity index (χ4n) is 2.51. The van der Waals surface area contributed by atoms with Crippen LogP contribution >= 0.6 is 0 Å². The fourth-order valence-corrected chi connectivity index (χ4v) is 4.16. The molecule has 1 aromatic rings. The second-order valence-corrected chi connectivity index (χ2v) is 7.45. The van der Waals surface area contributed by atoms with Crippen molar-refractivity contribution >= 4 is 10.0 Å². The minimum absolute atomic E-state index is 0.00620. The predicted octanol–water partition coefficient (Wildman–Crippen LogP) is 1.51. The number of ether oxygens (including phenoxy) is 1. The fraction of sp³-hybridized carbons (Fsp3) is 0.571. The van der Waals surface area contributed by atoms with Gasteiger partial charge in [-0.1, -0.05) is 0 Å². The summed E-state index contributed by atoms with van der Waals surface area (Å²) in [6.45, 7) is 2.01. The van der Waals surface area contributed by atoms with Crippen molar-refractivity contribution in [3.63, 3.8) is 0 Å². The first-order valence-electron chi connectivity index (χ1n) is 6.77. The van der Waals surface area contributed by atoms with E-state index in [-0.39, 0.29) is 17.0 Å². The van der Waals surface area contributed by atoms with Gasteiger partial charge in [-0.3, -0.25) is 0 Å². The molecule has 118 valence electrons. The molecule has 0 saturated carbocycles. The Morgan fingerprint density at radius 2 is 2.19 bits per heavy atom. The van der Waals surface area contributed by atoms with Crippen molar-refractivity contribution in [2.75, 3.05) is 20.2 Å². The third-order valence-corrected chi connectivity index (χ3v) is 5.78. The van der Waals surface area contributed by atoms with Crippen molar-refractivity contribution in [2.24, 2.45) is 0 Å². The second-order valence-electron chi connectivity index (χ2n) is 5.51. The molecule has 1 atom stereocenters. The summed E-state index contributed by atoms with van der Waals surface area (Å²) in [4.78, 5) is -0.00620. The number of hydrogen-bond donors (Lipinski definition) is 1. The lowest BCUT2D eigenvalue weighted by Crippen LogP contribution is -2.49. The van der Waals surface area contributed by atoms with E-state index in [0.717, 1.165) is 12.5 Å². The third kappa shape index (κ3) is 3.26. The van der Waals surface area contributed by atoms with Gasteiger partial charge in [-0.05, 0) is 38.0 Å². The molecule has 7 heteroatoms. The van der Waals surface area contributed by atoms with E-state index in [1.807, 2.05) is 6.92 Å². The van der Waals surface area contributed by atoms with E-state index in [1.54, 1.807) is 7.11 Å². The van der Waals surface area contributed by atoms with Crippen LogP contribution in [0.3, 0.4) is 0 Å². The molecule has 0 aliphatic carbocycles. The van der Waals surface area contributed by atoms with Crippen LogP contribution in [0, 0.1) is 5.82 Å². The Hall–Kier alpha value is -1.02. The molecule has 21 heavy (non-hydrogen) atoms. The van der Waals surface area contributed by atoms with Crippen LogP contribution in [0.4, 0.5) is 4.39 Å². The van der Waals surface area contributed by atoms with Crippen molar-refractivity contribution in [1.82, 2.24) is 4.31 Å². The SMILES string of the molecule is COC1(C)CCCN(S(=O)(=O)c2ccc(F)c(CO)c2)C1. The molecule has 1 N–H and O–H groups in total. The molecule has 1 aromatic carbocycles. The number of methoxy groups -OCH3 is 1. The van der Waals surface area contributed by atoms with Crippen molar-refractivity contribution in [3.05, 3.63) is 29.6 Å². The van der Waals surface area contributed by atoms with Gasteiger partial charge in [-0.2, -0.15) is 4.31 Å². The van der Waals surface area contributed by atoms with Crippen molar-refractivity contribution in [3.8, 4) is 0 Å². The van der Waals surface area contributed by atoms with Crippen LogP contribution in [-0.4, -0.2) is 43.6 Å². The number of sulfonamides is 1. The Labute approximate surface area is 124 Å². The molecular weight excluding hydrogens is 297 g/mol. The summed E-state index contributed by atoms with van der Waals surface area (Å²) < 4.78 is 45.4. The van der Waals surface area contributed by atoms with Crippen LogP contribution in [-0.2, 0) is 21.4 Å². The summed E-state index contributed by atoms with van der Waals surface area (Å²) in [6.07, 6.45) is 1.50. The summed E-state index contributed by atoms with van der Waals surface area (Å²) in [5, 5.41) is 9.07. The monoisotopic (exact) mass is 317 g/mol. The van der Waals surface area contributed by atoms with Gasteiger partial charge < -0.3 is 9.84 Å². The maximum absolute atomic E-state index is 13.4. The van der Waals surface area contributed by atoms with Gasteiger partial charge in [0.15, 0.2) is 0 Å². The van der Waals surface area contributed by atoms with Gasteiger partial charge >= 0.3 is 0 Å². The van der Waals surface area contributed by atoms with Crippen LogP contribution in [0.15, 0.2) is 23.1 Å². The zero-order valence-corrected chi connectivity index (χ0v) is 13.0. The number of aliphatic hydroxyl groups is 1. The number of halogens is 1. The van der Waals surface area contributed by atoms with E-state index in [9.17, 15) is 12.8 Å². The van der Waals surface area contributed by atoms with Crippen molar-refractivity contribution in [2.45, 2.75) is 36.9 Å². The molecule has 1 aliphatic rings. The average molecular weight is 317 g/mol. The maximum Gasteiger partial charge on any atom is 0.243 e. The first-order chi connectivity index (χ1) is 9.82. The molecule has 1 heterocycles. The van der Waals surface area contributed by atoms with E-state index < -0.39 is 28.0 Å². The number of benzene rings is 1. The molecule has 0 bridgehead atoms. The highest BCUT2D eigenvalue weighted by atomic mass is 32.2. The Kier molecular flexibility index (Phi) is 4.67. The lowest BCUT2D eigenvalue weighted by atomic mass is 9.96. The van der Waals surface area contributed by atoms with Gasteiger partial charge in [0.2, 0.25) is 10.0 Å². The van der Waals surface area contributed by atoms with Gasteiger partial charge in [-0.15, -0.1) is 0 Å². The normalized spacial score (nSPS) is 24.2. The van der Waals surface area contributed by atoms with E-state index >= 15 is 0 Å². The van der Waals surface area contributed by atoms with Gasteiger partial charge in [0.25, 0.3) is 0 Å². The van der Waals surface area contributed by atoms with Gasteiger partial charge in [0.05, 0.1) is 17.1 Å². The highest BCUT2D eigenvalue weighted by Gasteiger charge is 2.37. The van der Waals surface area contributed by atoms with Gasteiger partial charge in [0.1, 0.15) is 5.82 Å². The molecule has 0 aromatic heterocycles. The predicted molar refractivity (Wildman–Crippen MR) is 75.7 cm³/mol. The summed E-state index contributed by atoms with van der Waals surface area (Å²) >= 11 is 0. The smallest absolute Gasteiger partial charge is 0.243 e. The lowest BCUT2D eigenvalue weighted by Gasteiger charge is -2.38. The Balaban J connectivity index is 2.33. The number of aliphatic hydroxyl groups excluding tert-OH is 1. The third-order valence-electron chi connectivity index (χ3n) is 3.94. The summed E-state index contributed by atoms with van der Waals surface area (Å²) in [6, 6.07) is 3.48. The lowest BCUT2D eigenvalue weighted by molar-refractivity contribution is -0.0319. The summed E-state index contributed by atoms with van der Waals surface area (Å²) in [5.41, 5.74) is -0.534. The quantitative estimate of drug-likeness (QED) is 0.914. The molecule has 0 amide bonds. The first kappa shape index (κ1) is 16.4. The molecule has 0 radical (unpaired) electrons. The number of piperidine rings is 1. The molecule has 1 aliphatic heterocycles. The maximum atomic E-state index is 13.4. The van der Waals surface area contributed by atoms with Crippen LogP contribution in [0.1, 0.15) is 25.3 Å². The second kappa shape index (κ2) is 6.00. The Morgan fingerprint density at radius 3 is 2.81 bits per heavy atom. The van der Waals surface area contributed by atoms with E-state index in [1.165, 1.54) is 16.4 Å². The molecule has 0 spiro atoms. The number of rotatable bonds is 4. The highest BCUT2D eigenvalue weighted by molar-refractivity contribution is 7.89. The van der Waals surface area contributed by atoms with Crippen molar-refractivity contribution in [1.29, 1.82) is 0 Å². The number of hydrogen-bond acceptors (Lipinski definition) is 4. The summed E-state index contributed by atoms with van der Waals surface area (Å²) in [7, 11) is -2.15. The first-order valence-corrected chi connectivity index (χ1v) is 8.21. The summed E-state index contributed by atoms with van der Waals surface area (Å²) in [5.74, 6) is -0.614. The zero-order chi connectivity index (χ0) is 15.7. The topological polar surface area (TPSA) is 66.8 Å². The van der Waals surface area contributed by atoms with Crippen LogP contribution in [0.5, 0.6) is 0 Å². The largest absolute Gasteiger partial charge is 0.392 e. The Bertz CT molecular complexity index is 619. The highest BCUT2D eigenvalue weighted by Crippen LogP contribution is 2.28. The molecule has 5 nitrogen and oxygen atoms in total. The Morgan fingerprint density at radius 1 is 1.48 bits per heavy atom. The number of nitrogens with zero attached hydrogens (tertiary/aromatic N) is 1. The van der Waals surface area contributed by atoms with Crippen molar-refractivity contribution < 1.29 is 22.7 Å². The minimum atomic E-state index is -3.72. The van der Waals surface area contributed by atoms with Gasteiger partial charge in [-0.25, -0.2) is 12.8 Å². The van der Waals surface area contributed by atoms with Crippen LogP contribution < -0.4 is 0 Å². The molecule has 2 rings (SSSR count). The van der Waals surface area contributed by atoms with Gasteiger partial charge in [0, 0.05) is 25.8 Å². The average Bonchev–Trinajstić information content (AvgIpc) is 2.47. The molecular formula is C14H20FNO4S. The molecule has 1 fully saturated rings. The van der Waals surface area contributed by atoms with E-state index in [2.05, 4.69) is 0 Å². The van der Waals surface area contributed by atoms with Crippen LogP contribution in [0.2, 0.25) is 0 Å².